The Morgan fingerprint density at radius 2 is 1.89 bits per heavy atom. The van der Waals surface area contributed by atoms with E-state index < -0.39 is 12.6 Å². The van der Waals surface area contributed by atoms with E-state index in [-0.39, 0.29) is 23.9 Å². The van der Waals surface area contributed by atoms with Gasteiger partial charge in [0.2, 0.25) is 13.3 Å². The van der Waals surface area contributed by atoms with Crippen molar-refractivity contribution >= 4 is 13.3 Å². The van der Waals surface area contributed by atoms with Crippen LogP contribution in [0.4, 0.5) is 0 Å². The quantitative estimate of drug-likeness (QED) is 0.608. The second kappa shape index (κ2) is 8.49. The number of hydrogen-bond acceptors (Lipinski definition) is 4. The van der Waals surface area contributed by atoms with Crippen molar-refractivity contribution < 1.29 is 14.3 Å². The Kier molecular flexibility index (Phi) is 6.63. The summed E-state index contributed by atoms with van der Waals surface area (Å²) in [6.07, 6.45) is 9.04. The molecule has 0 bridgehead atoms. The van der Waals surface area contributed by atoms with Gasteiger partial charge < -0.3 is 20.4 Å². The maximum Gasteiger partial charge on any atom is 0.240 e. The molecule has 1 aliphatic carbocycles. The number of hydrogen-bond donors (Lipinski definition) is 3. The molecule has 1 saturated carbocycles. The highest BCUT2D eigenvalue weighted by atomic mass is 31.2. The number of amides is 1. The van der Waals surface area contributed by atoms with Crippen LogP contribution in [0.25, 0.3) is 0 Å². The van der Waals surface area contributed by atoms with Crippen LogP contribution in [0.15, 0.2) is 12.3 Å². The standard InChI is InChI=1S/C21H38N3O3P/c1-15-12-19-16(2)23-21(28(4,26)27)13-17(21)10-8-6-5-7-9-11-18(22-3)20(25)24(19)14-15/h15,17-19,22-23H,2,5-14H2,1,3-4H3,(H,26,27). The van der Waals surface area contributed by atoms with Crippen LogP contribution in [0.3, 0.4) is 0 Å². The van der Waals surface area contributed by atoms with E-state index in [2.05, 4.69) is 24.1 Å². The van der Waals surface area contributed by atoms with E-state index >= 15 is 0 Å². The molecular formula is C21H38N3O3P. The third-order valence-electron chi connectivity index (χ3n) is 7.08. The molecule has 0 spiro atoms. The molecule has 3 rings (SSSR count). The summed E-state index contributed by atoms with van der Waals surface area (Å²) < 4.78 is 12.8. The van der Waals surface area contributed by atoms with Crippen molar-refractivity contribution in [2.24, 2.45) is 11.8 Å². The molecule has 6 nitrogen and oxygen atoms in total. The van der Waals surface area contributed by atoms with Crippen LogP contribution in [0, 0.1) is 11.8 Å². The molecule has 2 heterocycles. The van der Waals surface area contributed by atoms with E-state index in [1.807, 2.05) is 11.9 Å². The third-order valence-corrected chi connectivity index (χ3v) is 9.22. The molecular weight excluding hydrogens is 373 g/mol. The zero-order valence-corrected chi connectivity index (χ0v) is 18.6. The first kappa shape index (κ1) is 21.9. The van der Waals surface area contributed by atoms with E-state index in [1.54, 1.807) is 0 Å². The van der Waals surface area contributed by atoms with E-state index in [9.17, 15) is 14.3 Å². The lowest BCUT2D eigenvalue weighted by atomic mass is 10.0. The summed E-state index contributed by atoms with van der Waals surface area (Å²) in [7, 11) is -1.46. The number of likely N-dealkylation sites (N-methyl/N-ethyl adjacent to an activating group) is 1. The minimum atomic E-state index is -3.32. The first-order valence-corrected chi connectivity index (χ1v) is 13.1. The van der Waals surface area contributed by atoms with Crippen LogP contribution in [0.1, 0.15) is 64.7 Å². The van der Waals surface area contributed by atoms with E-state index in [1.165, 1.54) is 6.66 Å². The first-order chi connectivity index (χ1) is 13.2. The highest BCUT2D eigenvalue weighted by Gasteiger charge is 2.63. The van der Waals surface area contributed by atoms with Crippen LogP contribution in [-0.2, 0) is 9.36 Å². The van der Waals surface area contributed by atoms with Crippen LogP contribution >= 0.6 is 7.37 Å². The molecule has 0 aromatic carbocycles. The molecule has 2 aliphatic heterocycles. The van der Waals surface area contributed by atoms with Crippen molar-refractivity contribution in [2.45, 2.75) is 82.1 Å². The molecule has 0 aromatic rings. The summed E-state index contributed by atoms with van der Waals surface area (Å²) in [5.74, 6) is 0.764. The minimum Gasteiger partial charge on any atom is -0.373 e. The van der Waals surface area contributed by atoms with Gasteiger partial charge in [0.1, 0.15) is 5.28 Å². The van der Waals surface area contributed by atoms with Gasteiger partial charge in [-0.25, -0.2) is 0 Å². The maximum atomic E-state index is 13.2. The topological polar surface area (TPSA) is 81.7 Å². The summed E-state index contributed by atoms with van der Waals surface area (Å²) in [6, 6.07) is -0.267. The summed E-state index contributed by atoms with van der Waals surface area (Å²) in [5.41, 5.74) is 0.737. The van der Waals surface area contributed by atoms with Gasteiger partial charge in [0.15, 0.2) is 0 Å². The number of fused-ring (bicyclic) bond motifs is 2. The largest absolute Gasteiger partial charge is 0.373 e. The maximum absolute atomic E-state index is 13.2. The minimum absolute atomic E-state index is 0.104. The van der Waals surface area contributed by atoms with Crippen LogP contribution in [0.5, 0.6) is 0 Å². The first-order valence-electron chi connectivity index (χ1n) is 10.9. The fourth-order valence-electron chi connectivity index (χ4n) is 5.26. The molecule has 6 atom stereocenters. The average molecular weight is 412 g/mol. The van der Waals surface area contributed by atoms with Crippen molar-refractivity contribution in [3.05, 3.63) is 12.3 Å². The number of nitrogens with zero attached hydrogens (tertiary/aromatic N) is 1. The molecule has 3 N–H and O–H groups in total. The summed E-state index contributed by atoms with van der Waals surface area (Å²) in [4.78, 5) is 25.7. The van der Waals surface area contributed by atoms with Crippen molar-refractivity contribution in [2.75, 3.05) is 20.3 Å². The fourth-order valence-corrected chi connectivity index (χ4v) is 6.98. The SMILES string of the molecule is C=C1NC2(P(C)(=O)O)CC2CCCCCCCC(NC)C(=O)N2CC(C)CC12. The van der Waals surface area contributed by atoms with Gasteiger partial charge in [0.05, 0.1) is 12.1 Å². The van der Waals surface area contributed by atoms with E-state index in [0.717, 1.165) is 70.0 Å². The third kappa shape index (κ3) is 4.34. The zero-order chi connectivity index (χ0) is 20.5. The second-order valence-electron chi connectivity index (χ2n) is 9.39. The fraction of sp³-hybridized carbons (Fsp3) is 0.857. The van der Waals surface area contributed by atoms with E-state index in [0.29, 0.717) is 5.92 Å². The average Bonchev–Trinajstić information content (AvgIpc) is 3.18. The Hall–Kier alpha value is -0.840. The second-order valence-corrected chi connectivity index (χ2v) is 11.9. The van der Waals surface area contributed by atoms with Crippen molar-refractivity contribution in [1.82, 2.24) is 15.5 Å². The van der Waals surface area contributed by atoms with Gasteiger partial charge in [0.25, 0.3) is 0 Å². The van der Waals surface area contributed by atoms with Crippen molar-refractivity contribution in [3.8, 4) is 0 Å². The summed E-state index contributed by atoms with van der Waals surface area (Å²) >= 11 is 0. The Balaban J connectivity index is 1.84. The van der Waals surface area contributed by atoms with Gasteiger partial charge in [-0.1, -0.05) is 45.6 Å². The molecule has 1 amide bonds. The zero-order valence-electron chi connectivity index (χ0n) is 17.7. The lowest BCUT2D eigenvalue weighted by Gasteiger charge is -2.33. The number of nitrogens with one attached hydrogen (secondary N) is 2. The van der Waals surface area contributed by atoms with E-state index in [4.69, 9.17) is 0 Å². The molecule has 6 unspecified atom stereocenters. The molecule has 2 saturated heterocycles. The normalized spacial score (nSPS) is 39.8. The molecule has 28 heavy (non-hydrogen) atoms. The van der Waals surface area contributed by atoms with Gasteiger partial charge in [-0.3, -0.25) is 9.36 Å². The predicted octanol–water partition coefficient (Wildman–Crippen LogP) is 3.28. The van der Waals surface area contributed by atoms with Crippen molar-refractivity contribution in [1.29, 1.82) is 0 Å². The van der Waals surface area contributed by atoms with Gasteiger partial charge in [-0.05, 0) is 44.6 Å². The molecule has 160 valence electrons. The molecule has 0 aromatic heterocycles. The van der Waals surface area contributed by atoms with Crippen LogP contribution in [0.2, 0.25) is 0 Å². The van der Waals surface area contributed by atoms with Gasteiger partial charge in [-0.15, -0.1) is 0 Å². The molecule has 3 aliphatic rings. The monoisotopic (exact) mass is 411 g/mol. The molecule has 3 fully saturated rings. The van der Waals surface area contributed by atoms with Crippen molar-refractivity contribution in [3.63, 3.8) is 0 Å². The Morgan fingerprint density at radius 3 is 2.54 bits per heavy atom. The Morgan fingerprint density at radius 1 is 1.25 bits per heavy atom. The van der Waals surface area contributed by atoms with Crippen LogP contribution < -0.4 is 10.6 Å². The van der Waals surface area contributed by atoms with Gasteiger partial charge in [-0.2, -0.15) is 0 Å². The Labute approximate surface area is 170 Å². The number of carbonyl (C=O) groups excluding carboxylic acids is 1. The van der Waals surface area contributed by atoms with Crippen LogP contribution in [-0.4, -0.2) is 53.3 Å². The number of carbonyl (C=O) groups is 1. The smallest absolute Gasteiger partial charge is 0.240 e. The van der Waals surface area contributed by atoms with Gasteiger partial charge in [0, 0.05) is 18.9 Å². The molecule has 7 heteroatoms. The molecule has 0 radical (unpaired) electrons. The lowest BCUT2D eigenvalue weighted by Crippen LogP contribution is -2.50. The highest BCUT2D eigenvalue weighted by molar-refractivity contribution is 7.59. The van der Waals surface area contributed by atoms with Gasteiger partial charge >= 0.3 is 0 Å². The predicted molar refractivity (Wildman–Crippen MR) is 113 cm³/mol. The number of rotatable bonds is 2. The summed E-state index contributed by atoms with van der Waals surface area (Å²) in [6.45, 7) is 8.60. The highest BCUT2D eigenvalue weighted by Crippen LogP contribution is 2.68. The lowest BCUT2D eigenvalue weighted by molar-refractivity contribution is -0.134. The summed E-state index contributed by atoms with van der Waals surface area (Å²) in [5, 5.41) is 5.87. The Bertz CT molecular complexity index is 649.